The molecule has 0 atom stereocenters. The molecule has 136 valence electrons. The monoisotopic (exact) mass is 359 g/mol. The second-order valence-corrected chi connectivity index (χ2v) is 7.50. The number of para-hydroxylation sites is 1. The minimum atomic E-state index is -0.706. The number of aromatic nitrogens is 2. The molecule has 2 amide bonds. The van der Waals surface area contributed by atoms with E-state index >= 15 is 0 Å². The summed E-state index contributed by atoms with van der Waals surface area (Å²) in [4.78, 5) is 27.8. The Labute approximate surface area is 158 Å². The predicted octanol–water partition coefficient (Wildman–Crippen LogP) is 3.62. The highest BCUT2D eigenvalue weighted by molar-refractivity contribution is 6.08. The highest BCUT2D eigenvalue weighted by Crippen LogP contribution is 2.33. The van der Waals surface area contributed by atoms with Gasteiger partial charge in [0.2, 0.25) is 5.91 Å². The number of nitrogens with zero attached hydrogens (tertiary/aromatic N) is 3. The normalized spacial score (nSPS) is 16.1. The van der Waals surface area contributed by atoms with Crippen LogP contribution in [0.2, 0.25) is 0 Å². The largest absolute Gasteiger partial charge is 0.274 e. The number of amides is 2. The van der Waals surface area contributed by atoms with E-state index in [1.165, 1.54) is 4.90 Å². The van der Waals surface area contributed by atoms with Crippen molar-refractivity contribution in [2.75, 3.05) is 0 Å². The van der Waals surface area contributed by atoms with Crippen molar-refractivity contribution in [1.29, 1.82) is 0 Å². The molecule has 5 nitrogen and oxygen atoms in total. The van der Waals surface area contributed by atoms with Crippen molar-refractivity contribution in [3.8, 4) is 5.69 Å². The maximum atomic E-state index is 13.2. The molecule has 0 spiro atoms. The molecule has 1 aliphatic heterocycles. The summed E-state index contributed by atoms with van der Waals surface area (Å²) in [6, 6.07) is 19.3. The zero-order valence-corrected chi connectivity index (χ0v) is 15.4. The van der Waals surface area contributed by atoms with Crippen LogP contribution in [0.15, 0.2) is 66.9 Å². The second kappa shape index (κ2) is 6.50. The molecule has 0 saturated carbocycles. The Morgan fingerprint density at radius 2 is 1.59 bits per heavy atom. The van der Waals surface area contributed by atoms with E-state index < -0.39 is 5.41 Å². The summed E-state index contributed by atoms with van der Waals surface area (Å²) in [5.41, 5.74) is 2.37. The summed E-state index contributed by atoms with van der Waals surface area (Å²) < 4.78 is 1.77. The lowest BCUT2D eigenvalue weighted by atomic mass is 9.86. The van der Waals surface area contributed by atoms with E-state index in [1.807, 2.05) is 74.5 Å². The number of hydrogen-bond acceptors (Lipinski definition) is 3. The van der Waals surface area contributed by atoms with E-state index in [0.29, 0.717) is 12.0 Å². The first kappa shape index (κ1) is 17.2. The molecule has 5 heteroatoms. The lowest BCUT2D eigenvalue weighted by molar-refractivity contribution is -0.137. The minimum Gasteiger partial charge on any atom is -0.274 e. The fourth-order valence-electron chi connectivity index (χ4n) is 3.52. The summed E-state index contributed by atoms with van der Waals surface area (Å²) in [6.45, 7) is 4.04. The zero-order chi connectivity index (χ0) is 19.0. The van der Waals surface area contributed by atoms with Crippen molar-refractivity contribution < 1.29 is 9.59 Å². The van der Waals surface area contributed by atoms with E-state index in [9.17, 15) is 9.59 Å². The van der Waals surface area contributed by atoms with Crippen LogP contribution in [0.25, 0.3) is 5.69 Å². The molecule has 1 aromatic heterocycles. The molecule has 0 saturated heterocycles. The van der Waals surface area contributed by atoms with E-state index in [1.54, 1.807) is 10.9 Å². The lowest BCUT2D eigenvalue weighted by Gasteiger charge is -2.27. The summed E-state index contributed by atoms with van der Waals surface area (Å²) >= 11 is 0. The first-order valence-corrected chi connectivity index (χ1v) is 9.00. The van der Waals surface area contributed by atoms with Crippen molar-refractivity contribution in [3.05, 3.63) is 83.7 Å². The highest BCUT2D eigenvalue weighted by atomic mass is 16.2. The van der Waals surface area contributed by atoms with Crippen LogP contribution in [0, 0.1) is 5.41 Å². The van der Waals surface area contributed by atoms with Gasteiger partial charge in [0.15, 0.2) is 0 Å². The first-order valence-electron chi connectivity index (χ1n) is 9.00. The number of benzene rings is 2. The van der Waals surface area contributed by atoms with Crippen LogP contribution in [-0.4, -0.2) is 26.5 Å². The fourth-order valence-corrected chi connectivity index (χ4v) is 3.52. The molecule has 0 unspecified atom stereocenters. The van der Waals surface area contributed by atoms with Crippen LogP contribution >= 0.6 is 0 Å². The minimum absolute atomic E-state index is 0.160. The Balaban J connectivity index is 1.79. The molecule has 27 heavy (non-hydrogen) atoms. The van der Waals surface area contributed by atoms with Gasteiger partial charge in [-0.1, -0.05) is 62.4 Å². The molecule has 0 fully saturated rings. The molecule has 0 aliphatic carbocycles. The van der Waals surface area contributed by atoms with E-state index in [4.69, 9.17) is 0 Å². The van der Waals surface area contributed by atoms with Crippen molar-refractivity contribution in [2.45, 2.75) is 26.8 Å². The van der Waals surface area contributed by atoms with Crippen LogP contribution in [-0.2, 0) is 17.8 Å². The van der Waals surface area contributed by atoms with Gasteiger partial charge in [-0.15, -0.1) is 0 Å². The topological polar surface area (TPSA) is 55.2 Å². The van der Waals surface area contributed by atoms with Crippen LogP contribution in [0.5, 0.6) is 0 Å². The molecule has 2 heterocycles. The van der Waals surface area contributed by atoms with Crippen LogP contribution in [0.1, 0.15) is 35.5 Å². The number of imide groups is 1. The Hall–Kier alpha value is -3.21. The molecule has 0 bridgehead atoms. The Bertz CT molecular complexity index is 991. The van der Waals surface area contributed by atoms with Crippen molar-refractivity contribution in [1.82, 2.24) is 14.7 Å². The number of hydrogen-bond donors (Lipinski definition) is 0. The van der Waals surface area contributed by atoms with Gasteiger partial charge in [0.05, 0.1) is 29.7 Å². The third kappa shape index (κ3) is 3.05. The van der Waals surface area contributed by atoms with Crippen LogP contribution in [0.3, 0.4) is 0 Å². The van der Waals surface area contributed by atoms with Crippen LogP contribution < -0.4 is 0 Å². The Morgan fingerprint density at radius 1 is 0.963 bits per heavy atom. The maximum Gasteiger partial charge on any atom is 0.264 e. The molecule has 0 N–H and O–H groups in total. The van der Waals surface area contributed by atoms with Gasteiger partial charge in [-0.05, 0) is 17.7 Å². The number of fused-ring (bicyclic) bond motifs is 1. The smallest absolute Gasteiger partial charge is 0.264 e. The molecule has 3 aromatic rings. The number of carbonyl (C=O) groups excluding carboxylic acids is 2. The van der Waals surface area contributed by atoms with E-state index in [2.05, 4.69) is 5.10 Å². The van der Waals surface area contributed by atoms with Gasteiger partial charge < -0.3 is 0 Å². The van der Waals surface area contributed by atoms with Crippen LogP contribution in [0.4, 0.5) is 0 Å². The van der Waals surface area contributed by atoms with Gasteiger partial charge in [0.1, 0.15) is 0 Å². The van der Waals surface area contributed by atoms with Gasteiger partial charge in [-0.25, -0.2) is 4.68 Å². The maximum absolute atomic E-state index is 13.2. The second-order valence-electron chi connectivity index (χ2n) is 7.50. The molecule has 2 aromatic carbocycles. The van der Waals surface area contributed by atoms with Crippen molar-refractivity contribution in [2.24, 2.45) is 5.41 Å². The van der Waals surface area contributed by atoms with Gasteiger partial charge >= 0.3 is 0 Å². The summed E-state index contributed by atoms with van der Waals surface area (Å²) in [6.07, 6.45) is 2.03. The summed E-state index contributed by atoms with van der Waals surface area (Å²) in [5, 5.41) is 4.45. The van der Waals surface area contributed by atoms with Gasteiger partial charge in [0.25, 0.3) is 5.91 Å². The molecule has 4 rings (SSSR count). The third-order valence-electron chi connectivity index (χ3n) is 4.96. The molecule has 1 aliphatic rings. The zero-order valence-electron chi connectivity index (χ0n) is 15.4. The number of carbonyl (C=O) groups is 2. The Morgan fingerprint density at radius 3 is 2.26 bits per heavy atom. The first-order chi connectivity index (χ1) is 13.0. The quantitative estimate of drug-likeness (QED) is 0.671. The summed E-state index contributed by atoms with van der Waals surface area (Å²) in [7, 11) is 0. The van der Waals surface area contributed by atoms with E-state index in [0.717, 1.165) is 16.9 Å². The van der Waals surface area contributed by atoms with Crippen molar-refractivity contribution >= 4 is 11.8 Å². The fraction of sp³-hybridized carbons (Fsp3) is 0.227. The summed E-state index contributed by atoms with van der Waals surface area (Å²) in [5.74, 6) is -0.446. The average molecular weight is 359 g/mol. The molecule has 0 radical (unpaired) electrons. The standard InChI is InChI=1S/C22H21N3O2/c1-22(2)13-19-18(14-23-25(19)17-11-7-4-8-12-17)20(26)24(21(22)27)15-16-9-5-3-6-10-16/h3-12,14H,13,15H2,1-2H3. The average Bonchev–Trinajstić information content (AvgIpc) is 3.06. The lowest BCUT2D eigenvalue weighted by Crippen LogP contribution is -2.42. The molecular weight excluding hydrogens is 338 g/mol. The number of rotatable bonds is 3. The Kier molecular flexibility index (Phi) is 4.15. The predicted molar refractivity (Wildman–Crippen MR) is 102 cm³/mol. The molecular formula is C22H21N3O2. The van der Waals surface area contributed by atoms with Gasteiger partial charge in [-0.3, -0.25) is 14.5 Å². The van der Waals surface area contributed by atoms with Gasteiger partial charge in [-0.2, -0.15) is 5.10 Å². The van der Waals surface area contributed by atoms with Crippen molar-refractivity contribution in [3.63, 3.8) is 0 Å². The SMILES string of the molecule is CC1(C)Cc2c(cnn2-c2ccccc2)C(=O)N(Cc2ccccc2)C1=O. The highest BCUT2D eigenvalue weighted by Gasteiger charge is 2.42. The van der Waals surface area contributed by atoms with E-state index in [-0.39, 0.29) is 18.4 Å². The van der Waals surface area contributed by atoms with Gasteiger partial charge in [0, 0.05) is 11.8 Å². The third-order valence-corrected chi connectivity index (χ3v) is 4.96.